The second-order valence-corrected chi connectivity index (χ2v) is 6.09. The zero-order valence-corrected chi connectivity index (χ0v) is 11.7. The first kappa shape index (κ1) is 15.8. The van der Waals surface area contributed by atoms with Crippen molar-refractivity contribution in [2.75, 3.05) is 19.6 Å². The second kappa shape index (κ2) is 6.24. The Hall–Kier alpha value is -0.290. The number of halogens is 3. The van der Waals surface area contributed by atoms with Crippen LogP contribution in [-0.2, 0) is 0 Å². The van der Waals surface area contributed by atoms with Crippen LogP contribution in [0.5, 0.6) is 0 Å². The minimum Gasteiger partial charge on any atom is -0.311 e. The number of nitrogens with zero attached hydrogens (tertiary/aromatic N) is 1. The highest BCUT2D eigenvalue weighted by molar-refractivity contribution is 4.89. The molecule has 1 aliphatic rings. The van der Waals surface area contributed by atoms with Crippen molar-refractivity contribution in [1.29, 1.82) is 0 Å². The van der Waals surface area contributed by atoms with Crippen molar-refractivity contribution in [3.63, 3.8) is 0 Å². The van der Waals surface area contributed by atoms with E-state index in [-0.39, 0.29) is 18.0 Å². The van der Waals surface area contributed by atoms with Crippen molar-refractivity contribution in [2.24, 2.45) is 11.8 Å². The van der Waals surface area contributed by atoms with Crippen molar-refractivity contribution in [2.45, 2.75) is 52.4 Å². The lowest BCUT2D eigenvalue weighted by Gasteiger charge is -2.43. The normalized spacial score (nSPS) is 27.2. The molecule has 108 valence electrons. The first-order valence-corrected chi connectivity index (χ1v) is 6.73. The smallest absolute Gasteiger partial charge is 0.311 e. The van der Waals surface area contributed by atoms with Crippen molar-refractivity contribution in [3.8, 4) is 0 Å². The van der Waals surface area contributed by atoms with Crippen molar-refractivity contribution in [1.82, 2.24) is 10.2 Å². The SMILES string of the molecule is CC(C)CC1CN(CC(F)(F)F)C(C(C)C)CN1. The van der Waals surface area contributed by atoms with Crippen molar-refractivity contribution >= 4 is 0 Å². The first-order chi connectivity index (χ1) is 8.19. The Balaban J connectivity index is 2.64. The Kier molecular flexibility index (Phi) is 5.46. The number of hydrogen-bond acceptors (Lipinski definition) is 2. The van der Waals surface area contributed by atoms with Gasteiger partial charge in [-0.2, -0.15) is 13.2 Å². The largest absolute Gasteiger partial charge is 0.401 e. The molecule has 2 nitrogen and oxygen atoms in total. The first-order valence-electron chi connectivity index (χ1n) is 6.73. The van der Waals surface area contributed by atoms with E-state index in [0.29, 0.717) is 19.0 Å². The molecule has 1 rings (SSSR count). The number of alkyl halides is 3. The van der Waals surface area contributed by atoms with Crippen LogP contribution < -0.4 is 5.32 Å². The van der Waals surface area contributed by atoms with Crippen LogP contribution in [0.25, 0.3) is 0 Å². The summed E-state index contributed by atoms with van der Waals surface area (Å²) in [5.74, 6) is 0.741. The molecule has 2 unspecified atom stereocenters. The highest BCUT2D eigenvalue weighted by Crippen LogP contribution is 2.24. The standard InChI is InChI=1S/C13H25F3N2/c1-9(2)5-11-7-18(8-13(14,15)16)12(6-17-11)10(3)4/h9-12,17H,5-8H2,1-4H3. The van der Waals surface area contributed by atoms with Gasteiger partial charge in [0, 0.05) is 25.2 Å². The fourth-order valence-electron chi connectivity index (χ4n) is 2.70. The predicted molar refractivity (Wildman–Crippen MR) is 67.5 cm³/mol. The molecule has 1 fully saturated rings. The summed E-state index contributed by atoms with van der Waals surface area (Å²) in [5, 5.41) is 3.39. The van der Waals surface area contributed by atoms with Gasteiger partial charge in [-0.1, -0.05) is 27.7 Å². The lowest BCUT2D eigenvalue weighted by atomic mass is 9.95. The molecule has 0 spiro atoms. The molecule has 0 amide bonds. The molecule has 5 heteroatoms. The van der Waals surface area contributed by atoms with Crippen LogP contribution in [0.4, 0.5) is 13.2 Å². The maximum atomic E-state index is 12.6. The van der Waals surface area contributed by atoms with Crippen molar-refractivity contribution in [3.05, 3.63) is 0 Å². The van der Waals surface area contributed by atoms with Gasteiger partial charge >= 0.3 is 6.18 Å². The summed E-state index contributed by atoms with van der Waals surface area (Å²) < 4.78 is 37.8. The Labute approximate surface area is 108 Å². The highest BCUT2D eigenvalue weighted by Gasteiger charge is 2.38. The third-order valence-corrected chi connectivity index (χ3v) is 3.45. The maximum Gasteiger partial charge on any atom is 0.401 e. The van der Waals surface area contributed by atoms with Gasteiger partial charge in [-0.3, -0.25) is 4.90 Å². The molecule has 1 heterocycles. The van der Waals surface area contributed by atoms with Gasteiger partial charge in [-0.05, 0) is 18.3 Å². The van der Waals surface area contributed by atoms with E-state index in [9.17, 15) is 13.2 Å². The molecule has 0 aromatic carbocycles. The summed E-state index contributed by atoms with van der Waals surface area (Å²) in [6.45, 7) is 8.55. The lowest BCUT2D eigenvalue weighted by Crippen LogP contribution is -2.60. The Morgan fingerprint density at radius 3 is 2.28 bits per heavy atom. The van der Waals surface area contributed by atoms with Gasteiger partial charge in [-0.25, -0.2) is 0 Å². The van der Waals surface area contributed by atoms with Crippen LogP contribution >= 0.6 is 0 Å². The van der Waals surface area contributed by atoms with E-state index in [1.54, 1.807) is 4.90 Å². The van der Waals surface area contributed by atoms with Gasteiger partial charge in [0.15, 0.2) is 0 Å². The molecule has 0 bridgehead atoms. The monoisotopic (exact) mass is 266 g/mol. The summed E-state index contributed by atoms with van der Waals surface area (Å²) in [6.07, 6.45) is -3.17. The third-order valence-electron chi connectivity index (χ3n) is 3.45. The number of rotatable bonds is 4. The average molecular weight is 266 g/mol. The van der Waals surface area contributed by atoms with Crippen LogP contribution in [0.3, 0.4) is 0 Å². The van der Waals surface area contributed by atoms with E-state index in [1.807, 2.05) is 13.8 Å². The van der Waals surface area contributed by atoms with Gasteiger partial charge in [0.2, 0.25) is 0 Å². The number of nitrogens with one attached hydrogen (secondary N) is 1. The summed E-state index contributed by atoms with van der Waals surface area (Å²) in [6, 6.07) is 0.164. The molecule has 1 saturated heterocycles. The molecular weight excluding hydrogens is 241 g/mol. The van der Waals surface area contributed by atoms with E-state index in [1.165, 1.54) is 0 Å². The molecule has 1 aliphatic heterocycles. The third kappa shape index (κ3) is 5.14. The fourth-order valence-corrected chi connectivity index (χ4v) is 2.70. The second-order valence-electron chi connectivity index (χ2n) is 6.09. The Bertz CT molecular complexity index is 251. The quantitative estimate of drug-likeness (QED) is 0.841. The molecular formula is C13H25F3N2. The number of piperazine rings is 1. The molecule has 0 aromatic rings. The van der Waals surface area contributed by atoms with Crippen LogP contribution in [0.1, 0.15) is 34.1 Å². The number of hydrogen-bond donors (Lipinski definition) is 1. The van der Waals surface area contributed by atoms with Gasteiger partial charge in [-0.15, -0.1) is 0 Å². The maximum absolute atomic E-state index is 12.6. The zero-order valence-electron chi connectivity index (χ0n) is 11.7. The predicted octanol–water partition coefficient (Wildman–Crippen LogP) is 2.89. The fraction of sp³-hybridized carbons (Fsp3) is 1.00. The topological polar surface area (TPSA) is 15.3 Å². The van der Waals surface area contributed by atoms with Gasteiger partial charge in [0.1, 0.15) is 0 Å². The lowest BCUT2D eigenvalue weighted by molar-refractivity contribution is -0.156. The molecule has 0 aliphatic carbocycles. The van der Waals surface area contributed by atoms with Gasteiger partial charge in [0.05, 0.1) is 6.54 Å². The van der Waals surface area contributed by atoms with Crippen LogP contribution in [0, 0.1) is 11.8 Å². The van der Waals surface area contributed by atoms with Gasteiger partial charge < -0.3 is 5.32 Å². The van der Waals surface area contributed by atoms with E-state index in [2.05, 4.69) is 19.2 Å². The molecule has 0 saturated carbocycles. The van der Waals surface area contributed by atoms with Crippen molar-refractivity contribution < 1.29 is 13.2 Å². The minimum absolute atomic E-state index is 0.0185. The summed E-state index contributed by atoms with van der Waals surface area (Å²) in [5.41, 5.74) is 0. The molecule has 1 N–H and O–H groups in total. The molecule has 0 aromatic heterocycles. The molecule has 0 radical (unpaired) electrons. The van der Waals surface area contributed by atoms with E-state index < -0.39 is 12.7 Å². The van der Waals surface area contributed by atoms with E-state index >= 15 is 0 Å². The van der Waals surface area contributed by atoms with Crippen LogP contribution in [0.15, 0.2) is 0 Å². The Morgan fingerprint density at radius 2 is 1.83 bits per heavy atom. The summed E-state index contributed by atoms with van der Waals surface area (Å²) in [4.78, 5) is 1.61. The highest BCUT2D eigenvalue weighted by atomic mass is 19.4. The summed E-state index contributed by atoms with van der Waals surface area (Å²) in [7, 11) is 0. The molecule has 18 heavy (non-hydrogen) atoms. The summed E-state index contributed by atoms with van der Waals surface area (Å²) >= 11 is 0. The van der Waals surface area contributed by atoms with Crippen LogP contribution in [0.2, 0.25) is 0 Å². The Morgan fingerprint density at radius 1 is 1.22 bits per heavy atom. The van der Waals surface area contributed by atoms with E-state index in [4.69, 9.17) is 0 Å². The minimum atomic E-state index is -4.10. The molecule has 2 atom stereocenters. The average Bonchev–Trinajstić information content (AvgIpc) is 2.13. The van der Waals surface area contributed by atoms with Gasteiger partial charge in [0.25, 0.3) is 0 Å². The van der Waals surface area contributed by atoms with E-state index in [0.717, 1.165) is 6.42 Å². The van der Waals surface area contributed by atoms with Crippen LogP contribution in [-0.4, -0.2) is 42.8 Å². The zero-order chi connectivity index (χ0) is 13.9.